The lowest BCUT2D eigenvalue weighted by atomic mass is 10.0. The van der Waals surface area contributed by atoms with Crippen molar-refractivity contribution in [2.24, 2.45) is 0 Å². The topological polar surface area (TPSA) is 107 Å². The number of carbonyl (C=O) groups excluding carboxylic acids is 1. The predicted octanol–water partition coefficient (Wildman–Crippen LogP) is -1.29. The molecule has 0 aromatic heterocycles. The van der Waals surface area contributed by atoms with Gasteiger partial charge in [-0.2, -0.15) is 0 Å². The number of rotatable bonds is 7. The van der Waals surface area contributed by atoms with Crippen molar-refractivity contribution in [1.29, 1.82) is 0 Å². The Balaban J connectivity index is 2.68. The van der Waals surface area contributed by atoms with Gasteiger partial charge in [-0.25, -0.2) is 0 Å². The molecule has 4 N–H and O–H groups in total. The molecule has 0 amide bonds. The molecule has 1 rings (SSSR count). The molecule has 0 heterocycles. The van der Waals surface area contributed by atoms with Crippen LogP contribution >= 0.6 is 0 Å². The van der Waals surface area contributed by atoms with Crippen molar-refractivity contribution in [2.75, 3.05) is 6.61 Å². The van der Waals surface area contributed by atoms with E-state index < -0.39 is 31.0 Å². The molecule has 6 nitrogen and oxygen atoms in total. The van der Waals surface area contributed by atoms with Gasteiger partial charge in [0.1, 0.15) is 24.1 Å². The average Bonchev–Trinajstić information content (AvgIpc) is 2.43. The lowest BCUT2D eigenvalue weighted by Gasteiger charge is -2.26. The van der Waals surface area contributed by atoms with Gasteiger partial charge in [-0.3, -0.25) is 4.79 Å². The van der Waals surface area contributed by atoms with Gasteiger partial charge in [0, 0.05) is 0 Å². The third-order valence-corrected chi connectivity index (χ3v) is 2.42. The molecule has 0 radical (unpaired) electrons. The Morgan fingerprint density at radius 1 is 1.11 bits per heavy atom. The van der Waals surface area contributed by atoms with Crippen molar-refractivity contribution in [1.82, 2.24) is 0 Å². The molecular formula is C12H16O6. The molecule has 6 heteroatoms. The van der Waals surface area contributed by atoms with Gasteiger partial charge < -0.3 is 25.2 Å². The third kappa shape index (κ3) is 3.78. The quantitative estimate of drug-likeness (QED) is 0.452. The minimum Gasteiger partial charge on any atom is -0.480 e. The largest absolute Gasteiger partial charge is 0.480 e. The SMILES string of the molecule is O=C[C@H](Oc1ccccc1)[C@@H](O)[C@@H](O)[C@H](O)CO. The van der Waals surface area contributed by atoms with Crippen LogP contribution in [0.3, 0.4) is 0 Å². The van der Waals surface area contributed by atoms with E-state index in [1.807, 2.05) is 0 Å². The van der Waals surface area contributed by atoms with E-state index in [1.165, 1.54) is 0 Å². The Hall–Kier alpha value is -1.47. The van der Waals surface area contributed by atoms with Gasteiger partial charge in [0.2, 0.25) is 0 Å². The van der Waals surface area contributed by atoms with E-state index in [0.29, 0.717) is 12.0 Å². The van der Waals surface area contributed by atoms with Crippen molar-refractivity contribution >= 4 is 6.29 Å². The molecule has 1 aromatic rings. The molecule has 100 valence electrons. The first-order chi connectivity index (χ1) is 8.60. The Morgan fingerprint density at radius 3 is 2.22 bits per heavy atom. The standard InChI is InChI=1S/C12H16O6/c13-6-9(15)11(16)12(17)10(7-14)18-8-4-2-1-3-5-8/h1-5,7,9-13,15-17H,6H2/t9-,10+,11+,12-/m1/s1. The summed E-state index contributed by atoms with van der Waals surface area (Å²) in [6.45, 7) is -0.727. The zero-order valence-corrected chi connectivity index (χ0v) is 9.59. The number of aliphatic hydroxyl groups excluding tert-OH is 4. The number of ether oxygens (including phenoxy) is 1. The molecule has 1 aromatic carbocycles. The molecule has 0 bridgehead atoms. The zero-order valence-electron chi connectivity index (χ0n) is 9.59. The zero-order chi connectivity index (χ0) is 13.5. The van der Waals surface area contributed by atoms with Gasteiger partial charge in [0.15, 0.2) is 12.4 Å². The maximum atomic E-state index is 10.8. The van der Waals surface area contributed by atoms with Crippen LogP contribution in [0.4, 0.5) is 0 Å². The maximum absolute atomic E-state index is 10.8. The van der Waals surface area contributed by atoms with E-state index in [1.54, 1.807) is 30.3 Å². The lowest BCUT2D eigenvalue weighted by Crippen LogP contribution is -2.48. The molecular weight excluding hydrogens is 240 g/mol. The predicted molar refractivity (Wildman–Crippen MR) is 62.0 cm³/mol. The maximum Gasteiger partial charge on any atom is 0.182 e. The van der Waals surface area contributed by atoms with E-state index in [9.17, 15) is 20.1 Å². The van der Waals surface area contributed by atoms with Gasteiger partial charge in [-0.05, 0) is 12.1 Å². The first kappa shape index (κ1) is 14.6. The summed E-state index contributed by atoms with van der Waals surface area (Å²) in [7, 11) is 0. The molecule has 4 atom stereocenters. The summed E-state index contributed by atoms with van der Waals surface area (Å²) >= 11 is 0. The number of hydrogen-bond donors (Lipinski definition) is 4. The van der Waals surface area contributed by atoms with E-state index in [-0.39, 0.29) is 0 Å². The minimum atomic E-state index is -1.67. The lowest BCUT2D eigenvalue weighted by molar-refractivity contribution is -0.133. The summed E-state index contributed by atoms with van der Waals surface area (Å²) in [5.74, 6) is 0.347. The van der Waals surface area contributed by atoms with E-state index in [4.69, 9.17) is 9.84 Å². The van der Waals surface area contributed by atoms with Crippen LogP contribution in [-0.2, 0) is 4.79 Å². The van der Waals surface area contributed by atoms with Gasteiger partial charge >= 0.3 is 0 Å². The molecule has 0 aliphatic heterocycles. The first-order valence-electron chi connectivity index (χ1n) is 5.42. The number of aliphatic hydroxyl groups is 4. The van der Waals surface area contributed by atoms with Crippen LogP contribution < -0.4 is 4.74 Å². The van der Waals surface area contributed by atoms with Gasteiger partial charge in [0.25, 0.3) is 0 Å². The summed E-state index contributed by atoms with van der Waals surface area (Å²) in [5.41, 5.74) is 0. The summed E-state index contributed by atoms with van der Waals surface area (Å²) in [5, 5.41) is 37.0. The Morgan fingerprint density at radius 2 is 1.72 bits per heavy atom. The number of hydrogen-bond acceptors (Lipinski definition) is 6. The van der Waals surface area contributed by atoms with E-state index >= 15 is 0 Å². The Labute approximate surface area is 104 Å². The summed E-state index contributed by atoms with van der Waals surface area (Å²) in [6, 6.07) is 8.28. The smallest absolute Gasteiger partial charge is 0.182 e. The fourth-order valence-electron chi connectivity index (χ4n) is 1.36. The van der Waals surface area contributed by atoms with Crippen molar-refractivity contribution in [2.45, 2.75) is 24.4 Å². The number of aldehydes is 1. The second-order valence-electron chi connectivity index (χ2n) is 3.76. The highest BCUT2D eigenvalue weighted by Gasteiger charge is 2.32. The average molecular weight is 256 g/mol. The summed E-state index contributed by atoms with van der Waals surface area (Å²) in [4.78, 5) is 10.8. The number of carbonyl (C=O) groups is 1. The highest BCUT2D eigenvalue weighted by atomic mass is 16.5. The van der Waals surface area contributed by atoms with Crippen LogP contribution in [0.2, 0.25) is 0 Å². The summed E-state index contributed by atoms with van der Waals surface area (Å²) in [6.07, 6.45) is -5.85. The molecule has 18 heavy (non-hydrogen) atoms. The van der Waals surface area contributed by atoms with Crippen molar-refractivity contribution < 1.29 is 30.0 Å². The van der Waals surface area contributed by atoms with Crippen LogP contribution in [0.15, 0.2) is 30.3 Å². The summed E-state index contributed by atoms with van der Waals surface area (Å²) < 4.78 is 5.17. The van der Waals surface area contributed by atoms with Gasteiger partial charge in [0.05, 0.1) is 6.61 Å². The normalized spacial score (nSPS) is 17.6. The first-order valence-corrected chi connectivity index (χ1v) is 5.42. The second-order valence-corrected chi connectivity index (χ2v) is 3.76. The van der Waals surface area contributed by atoms with E-state index in [2.05, 4.69) is 0 Å². The molecule has 0 fully saturated rings. The fourth-order valence-corrected chi connectivity index (χ4v) is 1.36. The van der Waals surface area contributed by atoms with Crippen LogP contribution in [0, 0.1) is 0 Å². The monoisotopic (exact) mass is 256 g/mol. The third-order valence-electron chi connectivity index (χ3n) is 2.42. The number of benzene rings is 1. The molecule has 0 unspecified atom stereocenters. The van der Waals surface area contributed by atoms with Crippen LogP contribution in [0.25, 0.3) is 0 Å². The van der Waals surface area contributed by atoms with Crippen LogP contribution in [0.5, 0.6) is 5.75 Å². The van der Waals surface area contributed by atoms with Crippen molar-refractivity contribution in [3.63, 3.8) is 0 Å². The van der Waals surface area contributed by atoms with Crippen LogP contribution in [0.1, 0.15) is 0 Å². The molecule has 0 saturated heterocycles. The van der Waals surface area contributed by atoms with E-state index in [0.717, 1.165) is 0 Å². The van der Waals surface area contributed by atoms with Crippen molar-refractivity contribution in [3.05, 3.63) is 30.3 Å². The molecule has 0 aliphatic rings. The molecule has 0 spiro atoms. The minimum absolute atomic E-state index is 0.324. The second kappa shape index (κ2) is 7.07. The van der Waals surface area contributed by atoms with Crippen molar-refractivity contribution in [3.8, 4) is 5.75 Å². The van der Waals surface area contributed by atoms with Crippen LogP contribution in [-0.4, -0.2) is 57.7 Å². The fraction of sp³-hybridized carbons (Fsp3) is 0.417. The van der Waals surface area contributed by atoms with Gasteiger partial charge in [-0.1, -0.05) is 18.2 Å². The number of para-hydroxylation sites is 1. The highest BCUT2D eigenvalue weighted by molar-refractivity contribution is 5.58. The van der Waals surface area contributed by atoms with Gasteiger partial charge in [-0.15, -0.1) is 0 Å². The Bertz CT molecular complexity index is 355. The Kier molecular flexibility index (Phi) is 5.73. The molecule has 0 aliphatic carbocycles. The molecule has 0 saturated carbocycles. The highest BCUT2D eigenvalue weighted by Crippen LogP contribution is 2.14.